The van der Waals surface area contributed by atoms with Gasteiger partial charge in [0.15, 0.2) is 0 Å². The topological polar surface area (TPSA) is 40.5 Å². The Labute approximate surface area is 160 Å². The van der Waals surface area contributed by atoms with Gasteiger partial charge < -0.3 is 10.2 Å². The van der Waals surface area contributed by atoms with Crippen molar-refractivity contribution < 1.29 is 10.2 Å². The van der Waals surface area contributed by atoms with Crippen LogP contribution in [0.15, 0.2) is 23.3 Å². The molecule has 3 aliphatic rings. The van der Waals surface area contributed by atoms with E-state index in [1.165, 1.54) is 44.1 Å². The van der Waals surface area contributed by atoms with E-state index < -0.39 is 17.6 Å². The van der Waals surface area contributed by atoms with Gasteiger partial charge in [0.2, 0.25) is 0 Å². The van der Waals surface area contributed by atoms with Crippen LogP contribution in [0.1, 0.15) is 86.0 Å². The van der Waals surface area contributed by atoms with Crippen LogP contribution in [0.3, 0.4) is 0 Å². The fourth-order valence-corrected chi connectivity index (χ4v) is 6.19. The maximum Gasteiger partial charge on any atom is 0.0653 e. The Kier molecular flexibility index (Phi) is 5.76. The highest BCUT2D eigenvalue weighted by molar-refractivity contribution is 5.26. The maximum absolute atomic E-state index is 10.4. The first-order valence-electron chi connectivity index (χ1n) is 10.9. The van der Waals surface area contributed by atoms with Crippen molar-refractivity contribution in [2.24, 2.45) is 28.6 Å². The monoisotopic (exact) mass is 360 g/mol. The van der Waals surface area contributed by atoms with Crippen molar-refractivity contribution in [2.45, 2.75) is 98.2 Å². The summed E-state index contributed by atoms with van der Waals surface area (Å²) in [7, 11) is 0. The van der Waals surface area contributed by atoms with E-state index in [1.807, 2.05) is 13.8 Å². The highest BCUT2D eigenvalue weighted by atomic mass is 16.3. The van der Waals surface area contributed by atoms with Gasteiger partial charge >= 0.3 is 0 Å². The van der Waals surface area contributed by atoms with E-state index in [0.29, 0.717) is 18.3 Å². The number of aliphatic hydroxyl groups excluding tert-OH is 2. The third kappa shape index (κ3) is 3.44. The minimum atomic E-state index is -0.450. The molecule has 3 saturated carbocycles. The molecule has 3 aliphatic carbocycles. The van der Waals surface area contributed by atoms with Gasteiger partial charge in [-0.2, -0.15) is 0 Å². The molecule has 0 spiro atoms. The molecule has 148 valence electrons. The average molecular weight is 361 g/mol. The highest BCUT2D eigenvalue weighted by Crippen LogP contribution is 2.59. The van der Waals surface area contributed by atoms with Gasteiger partial charge in [-0.25, -0.2) is 0 Å². The van der Waals surface area contributed by atoms with Crippen LogP contribution < -0.4 is 0 Å². The molecule has 2 nitrogen and oxygen atoms in total. The van der Waals surface area contributed by atoms with Crippen LogP contribution in [-0.2, 0) is 0 Å². The van der Waals surface area contributed by atoms with E-state index in [2.05, 4.69) is 32.9 Å². The van der Waals surface area contributed by atoms with Crippen LogP contribution in [0, 0.1) is 28.6 Å². The number of allylic oxidation sites excluding steroid dienone is 3. The van der Waals surface area contributed by atoms with E-state index in [4.69, 9.17) is 0 Å². The molecule has 0 aromatic heterocycles. The quantitative estimate of drug-likeness (QED) is 0.683. The first-order chi connectivity index (χ1) is 12.2. The van der Waals surface area contributed by atoms with E-state index in [1.54, 1.807) is 5.57 Å². The number of rotatable bonds is 3. The normalized spacial score (nSPS) is 44.3. The molecule has 0 aliphatic heterocycles. The molecule has 0 bridgehead atoms. The number of fused-ring (bicyclic) bond motifs is 1. The standard InChI is InChI=1S/C24H40O2/c1-6-16(2)19-11-12-20-18(8-7-13-24(19,20)5)10-9-17-14-21(25)23(3,4)22(26)15-17/h9-10,16,19-22,25-26H,6-8,11-15H2,1-5H3/b17-9-,18-10+/t16-,19-,20+,21-,22?,24-/m1/s1. The third-order valence-electron chi connectivity index (χ3n) is 8.53. The largest absolute Gasteiger partial charge is 0.392 e. The van der Waals surface area contributed by atoms with Crippen molar-refractivity contribution in [3.05, 3.63) is 23.3 Å². The molecule has 0 aromatic rings. The van der Waals surface area contributed by atoms with Gasteiger partial charge in [0.05, 0.1) is 12.2 Å². The smallest absolute Gasteiger partial charge is 0.0653 e. The Morgan fingerprint density at radius 1 is 1.08 bits per heavy atom. The molecule has 26 heavy (non-hydrogen) atoms. The minimum absolute atomic E-state index is 0.400. The van der Waals surface area contributed by atoms with E-state index in [-0.39, 0.29) is 0 Å². The summed E-state index contributed by atoms with van der Waals surface area (Å²) in [6.07, 6.45) is 13.1. The van der Waals surface area contributed by atoms with Gasteiger partial charge in [-0.15, -0.1) is 0 Å². The fourth-order valence-electron chi connectivity index (χ4n) is 6.19. The lowest BCUT2D eigenvalue weighted by atomic mass is 9.61. The van der Waals surface area contributed by atoms with Crippen LogP contribution in [0.4, 0.5) is 0 Å². The van der Waals surface area contributed by atoms with Crippen LogP contribution in [0.5, 0.6) is 0 Å². The zero-order chi connectivity index (χ0) is 19.1. The van der Waals surface area contributed by atoms with Gasteiger partial charge in [0, 0.05) is 5.41 Å². The van der Waals surface area contributed by atoms with Crippen molar-refractivity contribution in [1.82, 2.24) is 0 Å². The highest BCUT2D eigenvalue weighted by Gasteiger charge is 2.50. The van der Waals surface area contributed by atoms with Crippen molar-refractivity contribution >= 4 is 0 Å². The van der Waals surface area contributed by atoms with Crippen molar-refractivity contribution in [3.8, 4) is 0 Å². The minimum Gasteiger partial charge on any atom is -0.392 e. The molecule has 1 unspecified atom stereocenters. The second-order valence-electron chi connectivity index (χ2n) is 10.3. The Bertz CT molecular complexity index is 557. The van der Waals surface area contributed by atoms with Crippen molar-refractivity contribution in [3.63, 3.8) is 0 Å². The Balaban J connectivity index is 1.78. The number of hydrogen-bond donors (Lipinski definition) is 2. The lowest BCUT2D eigenvalue weighted by Crippen LogP contribution is -2.44. The lowest BCUT2D eigenvalue weighted by Gasteiger charge is -2.44. The summed E-state index contributed by atoms with van der Waals surface area (Å²) < 4.78 is 0. The third-order valence-corrected chi connectivity index (χ3v) is 8.53. The molecule has 0 aromatic carbocycles. The summed E-state index contributed by atoms with van der Waals surface area (Å²) in [6.45, 7) is 11.3. The average Bonchev–Trinajstić information content (AvgIpc) is 2.95. The predicted octanol–water partition coefficient (Wildman–Crippen LogP) is 5.64. The van der Waals surface area contributed by atoms with E-state index in [9.17, 15) is 10.2 Å². The molecule has 0 saturated heterocycles. The number of aliphatic hydroxyl groups is 2. The summed E-state index contributed by atoms with van der Waals surface area (Å²) in [6, 6.07) is 0. The summed E-state index contributed by atoms with van der Waals surface area (Å²) in [5.74, 6) is 2.43. The van der Waals surface area contributed by atoms with Crippen LogP contribution >= 0.6 is 0 Å². The van der Waals surface area contributed by atoms with Gasteiger partial charge in [-0.3, -0.25) is 0 Å². The van der Waals surface area contributed by atoms with Crippen LogP contribution in [0.2, 0.25) is 0 Å². The zero-order valence-corrected chi connectivity index (χ0v) is 17.6. The fraction of sp³-hybridized carbons (Fsp3) is 0.833. The number of hydrogen-bond acceptors (Lipinski definition) is 2. The first kappa shape index (κ1) is 20.1. The Morgan fingerprint density at radius 2 is 1.73 bits per heavy atom. The Hall–Kier alpha value is -0.600. The predicted molar refractivity (Wildman–Crippen MR) is 109 cm³/mol. The SMILES string of the molecule is CC[C@@H](C)[C@H]1CC[C@H]2/C(=C/C=C3\CC(O)C(C)(C)[C@H](O)C3)CCC[C@]12C. The zero-order valence-electron chi connectivity index (χ0n) is 17.6. The molecule has 0 heterocycles. The molecular formula is C24H40O2. The van der Waals surface area contributed by atoms with E-state index in [0.717, 1.165) is 17.8 Å². The van der Waals surface area contributed by atoms with Crippen LogP contribution in [-0.4, -0.2) is 22.4 Å². The van der Waals surface area contributed by atoms with Crippen molar-refractivity contribution in [1.29, 1.82) is 0 Å². The molecule has 3 fully saturated rings. The molecule has 6 atom stereocenters. The summed E-state index contributed by atoms with van der Waals surface area (Å²) in [5, 5.41) is 20.8. The lowest BCUT2D eigenvalue weighted by molar-refractivity contribution is -0.0627. The van der Waals surface area contributed by atoms with Gasteiger partial charge in [0.25, 0.3) is 0 Å². The summed E-state index contributed by atoms with van der Waals surface area (Å²) >= 11 is 0. The van der Waals surface area contributed by atoms with Crippen LogP contribution in [0.25, 0.3) is 0 Å². The molecule has 2 N–H and O–H groups in total. The summed E-state index contributed by atoms with van der Waals surface area (Å²) in [4.78, 5) is 0. The van der Waals surface area contributed by atoms with Gasteiger partial charge in [-0.1, -0.05) is 64.3 Å². The van der Waals surface area contributed by atoms with Gasteiger partial charge in [-0.05, 0) is 68.1 Å². The molecule has 0 radical (unpaired) electrons. The molecule has 2 heteroatoms. The maximum atomic E-state index is 10.4. The molecule has 0 amide bonds. The summed E-state index contributed by atoms with van der Waals surface area (Å²) in [5.41, 5.74) is 2.92. The molecule has 3 rings (SSSR count). The van der Waals surface area contributed by atoms with E-state index >= 15 is 0 Å². The molecular weight excluding hydrogens is 320 g/mol. The van der Waals surface area contributed by atoms with Gasteiger partial charge in [0.1, 0.15) is 0 Å². The second kappa shape index (κ2) is 7.43. The first-order valence-corrected chi connectivity index (χ1v) is 10.9. The van der Waals surface area contributed by atoms with Crippen molar-refractivity contribution in [2.75, 3.05) is 0 Å². The Morgan fingerprint density at radius 3 is 2.35 bits per heavy atom. The second-order valence-corrected chi connectivity index (χ2v) is 10.3.